The number of Topliss-reactive ketones (excluding diaryl/α,β-unsaturated/α-hetero) is 3. The smallest absolute Gasteiger partial charge is 0.163 e. The summed E-state index contributed by atoms with van der Waals surface area (Å²) in [5.41, 5.74) is 4.62. The van der Waals surface area contributed by atoms with E-state index in [1.54, 1.807) is 0 Å². The van der Waals surface area contributed by atoms with Gasteiger partial charge in [-0.2, -0.15) is 0 Å². The average molecular weight is 423 g/mol. The Balaban J connectivity index is 1.78. The van der Waals surface area contributed by atoms with Crippen molar-refractivity contribution < 1.29 is 14.4 Å². The first-order valence-corrected chi connectivity index (χ1v) is 12.2. The van der Waals surface area contributed by atoms with Gasteiger partial charge in [-0.15, -0.1) is 0 Å². The van der Waals surface area contributed by atoms with Crippen molar-refractivity contribution in [1.82, 2.24) is 0 Å². The summed E-state index contributed by atoms with van der Waals surface area (Å²) in [5.74, 6) is 1.22. The lowest BCUT2D eigenvalue weighted by Gasteiger charge is -2.32. The first kappa shape index (κ1) is 23.6. The van der Waals surface area contributed by atoms with Gasteiger partial charge in [0, 0.05) is 23.8 Å². The van der Waals surface area contributed by atoms with E-state index in [0.29, 0.717) is 12.3 Å². The highest BCUT2D eigenvalue weighted by atomic mass is 16.1. The monoisotopic (exact) mass is 422 g/mol. The maximum atomic E-state index is 13.2. The van der Waals surface area contributed by atoms with Crippen LogP contribution in [0.25, 0.3) is 0 Å². The van der Waals surface area contributed by atoms with E-state index < -0.39 is 0 Å². The zero-order valence-electron chi connectivity index (χ0n) is 19.7. The zero-order chi connectivity index (χ0) is 22.5. The van der Waals surface area contributed by atoms with Crippen LogP contribution < -0.4 is 0 Å². The van der Waals surface area contributed by atoms with Gasteiger partial charge in [0.25, 0.3) is 0 Å². The molecule has 0 aromatic heterocycles. The van der Waals surface area contributed by atoms with Crippen molar-refractivity contribution >= 4 is 17.3 Å². The molecule has 4 atom stereocenters. The van der Waals surface area contributed by atoms with Crippen LogP contribution in [-0.4, -0.2) is 17.3 Å². The molecule has 0 amide bonds. The summed E-state index contributed by atoms with van der Waals surface area (Å²) in [7, 11) is 0. The first-order valence-electron chi connectivity index (χ1n) is 12.2. The highest BCUT2D eigenvalue weighted by molar-refractivity contribution is 6.00. The van der Waals surface area contributed by atoms with Crippen molar-refractivity contribution in [3.63, 3.8) is 0 Å². The van der Waals surface area contributed by atoms with E-state index in [0.717, 1.165) is 50.5 Å². The Hall–Kier alpha value is -2.03. The van der Waals surface area contributed by atoms with E-state index >= 15 is 0 Å². The molecule has 2 aliphatic rings. The van der Waals surface area contributed by atoms with Gasteiger partial charge in [0.15, 0.2) is 5.78 Å². The van der Waals surface area contributed by atoms with E-state index in [2.05, 4.69) is 45.1 Å². The molecule has 3 nitrogen and oxygen atoms in total. The highest BCUT2D eigenvalue weighted by Crippen LogP contribution is 2.39. The number of ketones is 3. The van der Waals surface area contributed by atoms with Gasteiger partial charge in [-0.3, -0.25) is 14.4 Å². The standard InChI is InChI=1S/C28H38O3/c1-5-9-22(24(6-2)26(30)14-18(3)29)15-20-16-23-12-13-25(21-10-7-8-11-21)19(4)28(23)27(31)17-20/h7,10,12-13,20-22,24H,5-6,8-9,11,14-17H2,1-4H3. The molecule has 0 saturated heterocycles. The van der Waals surface area contributed by atoms with E-state index in [9.17, 15) is 14.4 Å². The number of hydrogen-bond donors (Lipinski definition) is 0. The Labute approximate surface area is 187 Å². The summed E-state index contributed by atoms with van der Waals surface area (Å²) in [4.78, 5) is 37.4. The lowest BCUT2D eigenvalue weighted by molar-refractivity contribution is -0.129. The van der Waals surface area contributed by atoms with Crippen molar-refractivity contribution in [3.8, 4) is 0 Å². The zero-order valence-corrected chi connectivity index (χ0v) is 19.7. The van der Waals surface area contributed by atoms with Crippen molar-refractivity contribution in [1.29, 1.82) is 0 Å². The minimum atomic E-state index is -0.0707. The SMILES string of the molecule is CCCC(CC1CC(=O)c2c(ccc(C3C=CCC3)c2C)C1)C(CC)C(=O)CC(C)=O. The second-order valence-electron chi connectivity index (χ2n) is 9.77. The fourth-order valence-electron chi connectivity index (χ4n) is 6.03. The molecule has 31 heavy (non-hydrogen) atoms. The third-order valence-corrected chi connectivity index (χ3v) is 7.41. The summed E-state index contributed by atoms with van der Waals surface area (Å²) >= 11 is 0. The average Bonchev–Trinajstić information content (AvgIpc) is 3.22. The molecule has 1 aromatic carbocycles. The number of carbonyl (C=O) groups excluding carboxylic acids is 3. The Bertz CT molecular complexity index is 863. The molecule has 3 rings (SSSR count). The number of fused-ring (bicyclic) bond motifs is 1. The van der Waals surface area contributed by atoms with Gasteiger partial charge in [-0.25, -0.2) is 0 Å². The van der Waals surface area contributed by atoms with E-state index in [-0.39, 0.29) is 41.5 Å². The van der Waals surface area contributed by atoms with Crippen LogP contribution in [0.2, 0.25) is 0 Å². The van der Waals surface area contributed by atoms with Crippen LogP contribution in [0.5, 0.6) is 0 Å². The van der Waals surface area contributed by atoms with Crippen molar-refractivity contribution in [2.75, 3.05) is 0 Å². The summed E-state index contributed by atoms with van der Waals surface area (Å²) < 4.78 is 0. The maximum Gasteiger partial charge on any atom is 0.163 e. The normalized spacial score (nSPS) is 22.3. The number of allylic oxidation sites excluding steroid dienone is 2. The van der Waals surface area contributed by atoms with Gasteiger partial charge in [-0.05, 0) is 74.5 Å². The molecule has 168 valence electrons. The van der Waals surface area contributed by atoms with Gasteiger partial charge in [0.05, 0.1) is 6.42 Å². The quantitative estimate of drug-likeness (QED) is 0.317. The molecule has 0 N–H and O–H groups in total. The second kappa shape index (κ2) is 10.5. The van der Waals surface area contributed by atoms with Crippen molar-refractivity contribution in [2.45, 2.75) is 91.4 Å². The summed E-state index contributed by atoms with van der Waals surface area (Å²) in [6, 6.07) is 4.42. The van der Waals surface area contributed by atoms with E-state index in [1.807, 2.05) is 0 Å². The van der Waals surface area contributed by atoms with Gasteiger partial charge in [-0.1, -0.05) is 51.0 Å². The highest BCUT2D eigenvalue weighted by Gasteiger charge is 2.33. The lowest BCUT2D eigenvalue weighted by atomic mass is 9.71. The molecule has 0 aliphatic heterocycles. The summed E-state index contributed by atoms with van der Waals surface area (Å²) in [6.45, 7) is 7.81. The number of benzene rings is 1. The number of rotatable bonds is 10. The van der Waals surface area contributed by atoms with E-state index in [4.69, 9.17) is 0 Å². The first-order chi connectivity index (χ1) is 14.8. The van der Waals surface area contributed by atoms with Crippen molar-refractivity contribution in [2.24, 2.45) is 17.8 Å². The van der Waals surface area contributed by atoms with Crippen LogP contribution in [0.1, 0.15) is 105 Å². The largest absolute Gasteiger partial charge is 0.300 e. The van der Waals surface area contributed by atoms with Crippen LogP contribution >= 0.6 is 0 Å². The van der Waals surface area contributed by atoms with Crippen LogP contribution in [0.3, 0.4) is 0 Å². The second-order valence-corrected chi connectivity index (χ2v) is 9.77. The lowest BCUT2D eigenvalue weighted by Crippen LogP contribution is -2.30. The van der Waals surface area contributed by atoms with Crippen LogP contribution in [0.4, 0.5) is 0 Å². The third-order valence-electron chi connectivity index (χ3n) is 7.41. The maximum absolute atomic E-state index is 13.2. The molecule has 0 saturated carbocycles. The summed E-state index contributed by atoms with van der Waals surface area (Å²) in [6.07, 6.45) is 12.0. The number of hydrogen-bond acceptors (Lipinski definition) is 3. The Kier molecular flexibility index (Phi) is 8.02. The predicted octanol–water partition coefficient (Wildman–Crippen LogP) is 6.55. The Morgan fingerprint density at radius 3 is 2.55 bits per heavy atom. The molecule has 0 fully saturated rings. The Morgan fingerprint density at radius 1 is 1.16 bits per heavy atom. The van der Waals surface area contributed by atoms with Gasteiger partial charge in [0.1, 0.15) is 11.6 Å². The predicted molar refractivity (Wildman–Crippen MR) is 126 cm³/mol. The summed E-state index contributed by atoms with van der Waals surface area (Å²) in [5, 5.41) is 0. The fraction of sp³-hybridized carbons (Fsp3) is 0.607. The molecule has 4 unspecified atom stereocenters. The van der Waals surface area contributed by atoms with Crippen LogP contribution in [0, 0.1) is 24.7 Å². The number of carbonyl (C=O) groups is 3. The molecule has 1 aromatic rings. The molecule has 0 heterocycles. The molecular formula is C28H38O3. The fourth-order valence-corrected chi connectivity index (χ4v) is 6.03. The third kappa shape index (κ3) is 5.42. The molecule has 2 aliphatic carbocycles. The van der Waals surface area contributed by atoms with Gasteiger partial charge >= 0.3 is 0 Å². The molecule has 3 heteroatoms. The molecular weight excluding hydrogens is 384 g/mol. The Morgan fingerprint density at radius 2 is 1.94 bits per heavy atom. The topological polar surface area (TPSA) is 51.2 Å². The molecule has 0 bridgehead atoms. The van der Waals surface area contributed by atoms with E-state index in [1.165, 1.54) is 23.6 Å². The van der Waals surface area contributed by atoms with Crippen LogP contribution in [-0.2, 0) is 16.0 Å². The minimum absolute atomic E-state index is 0.0444. The molecule has 0 spiro atoms. The van der Waals surface area contributed by atoms with Crippen molar-refractivity contribution in [3.05, 3.63) is 46.5 Å². The van der Waals surface area contributed by atoms with Gasteiger partial charge < -0.3 is 0 Å². The van der Waals surface area contributed by atoms with Gasteiger partial charge in [0.2, 0.25) is 0 Å². The van der Waals surface area contributed by atoms with Crippen LogP contribution in [0.15, 0.2) is 24.3 Å². The minimum Gasteiger partial charge on any atom is -0.300 e. The molecule has 0 radical (unpaired) electrons.